The summed E-state index contributed by atoms with van der Waals surface area (Å²) < 4.78 is 5.76. The van der Waals surface area contributed by atoms with E-state index in [4.69, 9.17) is 4.42 Å². The van der Waals surface area contributed by atoms with Crippen molar-refractivity contribution in [3.05, 3.63) is 66.6 Å². The molecule has 0 spiro atoms. The zero-order valence-electron chi connectivity index (χ0n) is 16.9. The quantitative estimate of drug-likeness (QED) is 0.560. The number of benzene rings is 2. The SMILES string of the molecule is O=C(CSc1nnc(C2CCN(C(=O)Nc3ccccc3)CC2)o1)Nc1ccccc1. The number of likely N-dealkylation sites (tertiary alicyclic amines) is 1. The summed E-state index contributed by atoms with van der Waals surface area (Å²) in [6.45, 7) is 1.24. The molecule has 0 atom stereocenters. The van der Waals surface area contributed by atoms with E-state index in [9.17, 15) is 9.59 Å². The van der Waals surface area contributed by atoms with Crippen molar-refractivity contribution in [2.75, 3.05) is 29.5 Å². The molecule has 0 radical (unpaired) electrons. The summed E-state index contributed by atoms with van der Waals surface area (Å²) in [6.07, 6.45) is 1.51. The monoisotopic (exact) mass is 437 g/mol. The van der Waals surface area contributed by atoms with Crippen molar-refractivity contribution in [1.82, 2.24) is 15.1 Å². The predicted octanol–water partition coefficient (Wildman–Crippen LogP) is 4.21. The van der Waals surface area contributed by atoms with E-state index in [2.05, 4.69) is 20.8 Å². The number of hydrogen-bond acceptors (Lipinski definition) is 6. The zero-order valence-corrected chi connectivity index (χ0v) is 17.7. The molecule has 3 aromatic rings. The second kappa shape index (κ2) is 10.1. The number of rotatable bonds is 6. The highest BCUT2D eigenvalue weighted by Crippen LogP contribution is 2.29. The summed E-state index contributed by atoms with van der Waals surface area (Å²) in [5, 5.41) is 14.3. The molecule has 0 unspecified atom stereocenters. The molecule has 160 valence electrons. The number of hydrogen-bond donors (Lipinski definition) is 2. The smallest absolute Gasteiger partial charge is 0.321 e. The Labute approximate surface area is 184 Å². The maximum absolute atomic E-state index is 12.4. The average molecular weight is 438 g/mol. The third-order valence-electron chi connectivity index (χ3n) is 4.96. The van der Waals surface area contributed by atoms with Crippen LogP contribution in [0.25, 0.3) is 0 Å². The summed E-state index contributed by atoms with van der Waals surface area (Å²) >= 11 is 1.21. The van der Waals surface area contributed by atoms with Gasteiger partial charge in [-0.2, -0.15) is 0 Å². The molecule has 2 aromatic carbocycles. The summed E-state index contributed by atoms with van der Waals surface area (Å²) in [4.78, 5) is 26.3. The molecule has 3 amide bonds. The van der Waals surface area contributed by atoms with Gasteiger partial charge in [-0.15, -0.1) is 10.2 Å². The van der Waals surface area contributed by atoms with Gasteiger partial charge in [0, 0.05) is 30.4 Å². The Bertz CT molecular complexity index is 1000. The Kier molecular flexibility index (Phi) is 6.83. The Morgan fingerprint density at radius 2 is 1.55 bits per heavy atom. The second-order valence-corrected chi connectivity index (χ2v) is 8.09. The van der Waals surface area contributed by atoms with Crippen molar-refractivity contribution in [3.63, 3.8) is 0 Å². The van der Waals surface area contributed by atoms with Gasteiger partial charge in [0.25, 0.3) is 5.22 Å². The number of para-hydroxylation sites is 2. The van der Waals surface area contributed by atoms with Gasteiger partial charge in [-0.3, -0.25) is 4.79 Å². The fourth-order valence-electron chi connectivity index (χ4n) is 3.34. The molecule has 2 heterocycles. The largest absolute Gasteiger partial charge is 0.416 e. The van der Waals surface area contributed by atoms with Crippen LogP contribution in [0.1, 0.15) is 24.7 Å². The normalized spacial score (nSPS) is 14.3. The van der Waals surface area contributed by atoms with E-state index in [1.165, 1.54) is 11.8 Å². The van der Waals surface area contributed by atoms with Gasteiger partial charge in [0.2, 0.25) is 11.8 Å². The average Bonchev–Trinajstić information content (AvgIpc) is 3.28. The van der Waals surface area contributed by atoms with Crippen LogP contribution in [-0.4, -0.2) is 45.9 Å². The minimum atomic E-state index is -0.131. The van der Waals surface area contributed by atoms with Gasteiger partial charge < -0.3 is 20.0 Å². The fraction of sp³-hybridized carbons (Fsp3) is 0.273. The van der Waals surface area contributed by atoms with Crippen LogP contribution in [0.4, 0.5) is 16.2 Å². The van der Waals surface area contributed by atoms with Crippen LogP contribution in [0.2, 0.25) is 0 Å². The lowest BCUT2D eigenvalue weighted by atomic mass is 9.97. The van der Waals surface area contributed by atoms with E-state index in [1.807, 2.05) is 60.7 Å². The van der Waals surface area contributed by atoms with Crippen molar-refractivity contribution in [3.8, 4) is 0 Å². The molecule has 0 aliphatic carbocycles. The third kappa shape index (κ3) is 5.85. The molecule has 9 heteroatoms. The molecule has 1 fully saturated rings. The zero-order chi connectivity index (χ0) is 21.5. The first-order valence-electron chi connectivity index (χ1n) is 10.1. The first-order chi connectivity index (χ1) is 15.2. The van der Waals surface area contributed by atoms with Crippen LogP contribution in [0.5, 0.6) is 0 Å². The van der Waals surface area contributed by atoms with Gasteiger partial charge in [-0.25, -0.2) is 4.79 Å². The van der Waals surface area contributed by atoms with Gasteiger partial charge in [-0.05, 0) is 37.1 Å². The highest BCUT2D eigenvalue weighted by Gasteiger charge is 2.27. The summed E-state index contributed by atoms with van der Waals surface area (Å²) in [5.74, 6) is 0.734. The maximum atomic E-state index is 12.4. The van der Waals surface area contributed by atoms with E-state index in [0.717, 1.165) is 24.2 Å². The molecule has 1 saturated heterocycles. The molecule has 0 saturated carbocycles. The van der Waals surface area contributed by atoms with E-state index in [1.54, 1.807) is 4.90 Å². The van der Waals surface area contributed by atoms with Crippen LogP contribution in [-0.2, 0) is 4.79 Å². The van der Waals surface area contributed by atoms with Crippen molar-refractivity contribution in [2.24, 2.45) is 0 Å². The predicted molar refractivity (Wildman–Crippen MR) is 119 cm³/mol. The van der Waals surface area contributed by atoms with Crippen molar-refractivity contribution < 1.29 is 14.0 Å². The third-order valence-corrected chi connectivity index (χ3v) is 5.78. The summed E-state index contributed by atoms with van der Waals surface area (Å²) in [5.41, 5.74) is 1.53. The van der Waals surface area contributed by atoms with Gasteiger partial charge in [-0.1, -0.05) is 48.2 Å². The van der Waals surface area contributed by atoms with E-state index >= 15 is 0 Å². The highest BCUT2D eigenvalue weighted by atomic mass is 32.2. The number of urea groups is 1. The lowest BCUT2D eigenvalue weighted by molar-refractivity contribution is -0.113. The topological polar surface area (TPSA) is 100 Å². The van der Waals surface area contributed by atoms with Crippen LogP contribution in [0, 0.1) is 0 Å². The molecular formula is C22H23N5O3S. The van der Waals surface area contributed by atoms with Crippen LogP contribution in [0.15, 0.2) is 70.3 Å². The Morgan fingerprint density at radius 3 is 2.19 bits per heavy atom. The molecule has 4 rings (SSSR count). The summed E-state index contributed by atoms with van der Waals surface area (Å²) in [6, 6.07) is 18.6. The maximum Gasteiger partial charge on any atom is 0.321 e. The van der Waals surface area contributed by atoms with Crippen LogP contribution in [0.3, 0.4) is 0 Å². The highest BCUT2D eigenvalue weighted by molar-refractivity contribution is 7.99. The molecule has 2 N–H and O–H groups in total. The van der Waals surface area contributed by atoms with E-state index in [-0.39, 0.29) is 23.6 Å². The van der Waals surface area contributed by atoms with Crippen molar-refractivity contribution in [2.45, 2.75) is 24.0 Å². The van der Waals surface area contributed by atoms with Crippen LogP contribution >= 0.6 is 11.8 Å². The number of anilines is 2. The molecule has 0 bridgehead atoms. The first-order valence-corrected chi connectivity index (χ1v) is 11.1. The fourth-order valence-corrected chi connectivity index (χ4v) is 3.91. The number of amides is 3. The number of carbonyl (C=O) groups excluding carboxylic acids is 2. The molecule has 1 aliphatic rings. The molecule has 31 heavy (non-hydrogen) atoms. The molecule has 8 nitrogen and oxygen atoms in total. The molecule has 1 aliphatic heterocycles. The van der Waals surface area contributed by atoms with Gasteiger partial charge in [0.15, 0.2) is 0 Å². The Morgan fingerprint density at radius 1 is 0.935 bits per heavy atom. The minimum absolute atomic E-state index is 0.101. The van der Waals surface area contributed by atoms with Crippen molar-refractivity contribution in [1.29, 1.82) is 0 Å². The number of nitrogens with zero attached hydrogens (tertiary/aromatic N) is 3. The van der Waals surface area contributed by atoms with Gasteiger partial charge >= 0.3 is 6.03 Å². The van der Waals surface area contributed by atoms with Crippen molar-refractivity contribution >= 4 is 35.1 Å². The van der Waals surface area contributed by atoms with E-state index < -0.39 is 0 Å². The number of nitrogens with one attached hydrogen (secondary N) is 2. The lowest BCUT2D eigenvalue weighted by Gasteiger charge is -2.30. The standard InChI is InChI=1S/C22H23N5O3S/c28-19(23-17-7-3-1-4-8-17)15-31-22-26-25-20(30-22)16-11-13-27(14-12-16)21(29)24-18-9-5-2-6-10-18/h1-10,16H,11-15H2,(H,23,28)(H,24,29). The van der Waals surface area contributed by atoms with Gasteiger partial charge in [0.05, 0.1) is 5.75 Å². The van der Waals surface area contributed by atoms with E-state index in [0.29, 0.717) is 24.2 Å². The lowest BCUT2D eigenvalue weighted by Crippen LogP contribution is -2.40. The Balaban J connectivity index is 1.22. The van der Waals surface area contributed by atoms with Gasteiger partial charge in [0.1, 0.15) is 0 Å². The Hall–Kier alpha value is -3.33. The molecule has 1 aromatic heterocycles. The number of carbonyl (C=O) groups is 2. The van der Waals surface area contributed by atoms with Crippen LogP contribution < -0.4 is 10.6 Å². The number of aromatic nitrogens is 2. The second-order valence-electron chi connectivity index (χ2n) is 7.17. The summed E-state index contributed by atoms with van der Waals surface area (Å²) in [7, 11) is 0. The minimum Gasteiger partial charge on any atom is -0.416 e. The number of piperidine rings is 1. The first kappa shape index (κ1) is 20.9. The molecular weight excluding hydrogens is 414 g/mol. The number of thioether (sulfide) groups is 1.